The second kappa shape index (κ2) is 10.3. The van der Waals surface area contributed by atoms with Crippen molar-refractivity contribution in [3.05, 3.63) is 53.6 Å². The second-order valence-electron chi connectivity index (χ2n) is 7.27. The number of carbonyl (C=O) groups is 1. The number of thioether (sulfide) groups is 1. The van der Waals surface area contributed by atoms with Crippen molar-refractivity contribution in [2.45, 2.75) is 36.0 Å². The third kappa shape index (κ3) is 5.77. The summed E-state index contributed by atoms with van der Waals surface area (Å²) in [7, 11) is -2.24. The lowest BCUT2D eigenvalue weighted by atomic mass is 10.1. The summed E-state index contributed by atoms with van der Waals surface area (Å²) in [6.07, 6.45) is 3.04. The number of hydrogen-bond donors (Lipinski definition) is 1. The van der Waals surface area contributed by atoms with Gasteiger partial charge in [-0.05, 0) is 56.5 Å². The minimum atomic E-state index is -3.72. The van der Waals surface area contributed by atoms with Gasteiger partial charge in [-0.15, -0.1) is 11.8 Å². The van der Waals surface area contributed by atoms with E-state index in [9.17, 15) is 13.2 Å². The van der Waals surface area contributed by atoms with Crippen molar-refractivity contribution in [1.29, 1.82) is 0 Å². The molecule has 2 aromatic carbocycles. The van der Waals surface area contributed by atoms with Crippen LogP contribution in [0.25, 0.3) is 0 Å². The van der Waals surface area contributed by atoms with Gasteiger partial charge < -0.3 is 9.64 Å². The number of methoxy groups -OCH3 is 1. The SMILES string of the molecule is COc1ccc(S(=O)(=O)NCCSc2ccc(C)cc2)cc1C(=O)N1CCCCC1. The molecule has 0 spiro atoms. The second-order valence-corrected chi connectivity index (χ2v) is 10.2. The first kappa shape index (κ1) is 22.7. The molecule has 1 heterocycles. The molecule has 0 saturated carbocycles. The Morgan fingerprint density at radius 3 is 2.47 bits per heavy atom. The average Bonchev–Trinajstić information content (AvgIpc) is 2.77. The van der Waals surface area contributed by atoms with E-state index in [0.29, 0.717) is 31.1 Å². The van der Waals surface area contributed by atoms with Crippen molar-refractivity contribution >= 4 is 27.7 Å². The van der Waals surface area contributed by atoms with E-state index in [1.165, 1.54) is 24.8 Å². The lowest BCUT2D eigenvalue weighted by Crippen LogP contribution is -2.36. The van der Waals surface area contributed by atoms with Crippen LogP contribution in [0.5, 0.6) is 5.75 Å². The highest BCUT2D eigenvalue weighted by molar-refractivity contribution is 7.99. The van der Waals surface area contributed by atoms with Gasteiger partial charge in [0, 0.05) is 30.3 Å². The molecule has 8 heteroatoms. The van der Waals surface area contributed by atoms with Gasteiger partial charge in [0.05, 0.1) is 17.6 Å². The van der Waals surface area contributed by atoms with Crippen LogP contribution in [0.2, 0.25) is 0 Å². The molecule has 3 rings (SSSR count). The highest BCUT2D eigenvalue weighted by Crippen LogP contribution is 2.25. The minimum Gasteiger partial charge on any atom is -0.496 e. The fourth-order valence-corrected chi connectivity index (χ4v) is 5.31. The number of amides is 1. The highest BCUT2D eigenvalue weighted by atomic mass is 32.2. The Kier molecular flexibility index (Phi) is 7.80. The number of nitrogens with one attached hydrogen (secondary N) is 1. The number of sulfonamides is 1. The maximum absolute atomic E-state index is 12.9. The van der Waals surface area contributed by atoms with Gasteiger partial charge in [0.2, 0.25) is 10.0 Å². The number of benzene rings is 2. The third-order valence-corrected chi connectivity index (χ3v) is 7.51. The van der Waals surface area contributed by atoms with Crippen LogP contribution in [-0.4, -0.2) is 51.7 Å². The zero-order valence-electron chi connectivity index (χ0n) is 17.4. The summed E-state index contributed by atoms with van der Waals surface area (Å²) in [5.74, 6) is 0.816. The zero-order valence-corrected chi connectivity index (χ0v) is 19.0. The molecule has 1 saturated heterocycles. The van der Waals surface area contributed by atoms with Crippen molar-refractivity contribution in [3.8, 4) is 5.75 Å². The largest absolute Gasteiger partial charge is 0.496 e. The zero-order chi connectivity index (χ0) is 21.6. The molecule has 0 bridgehead atoms. The summed E-state index contributed by atoms with van der Waals surface area (Å²) in [5.41, 5.74) is 1.48. The van der Waals surface area contributed by atoms with Crippen molar-refractivity contribution in [2.75, 3.05) is 32.5 Å². The molecule has 0 unspecified atom stereocenters. The van der Waals surface area contributed by atoms with E-state index in [1.54, 1.807) is 22.7 Å². The first-order valence-electron chi connectivity index (χ1n) is 10.1. The maximum atomic E-state index is 12.9. The Morgan fingerprint density at radius 2 is 1.80 bits per heavy atom. The van der Waals surface area contributed by atoms with Crippen LogP contribution < -0.4 is 9.46 Å². The monoisotopic (exact) mass is 448 g/mol. The van der Waals surface area contributed by atoms with Crippen LogP contribution in [0.4, 0.5) is 0 Å². The van der Waals surface area contributed by atoms with Gasteiger partial charge in [0.25, 0.3) is 5.91 Å². The van der Waals surface area contributed by atoms with Crippen molar-refractivity contribution in [1.82, 2.24) is 9.62 Å². The number of piperidine rings is 1. The van der Waals surface area contributed by atoms with Crippen LogP contribution in [0.1, 0.15) is 35.2 Å². The molecule has 162 valence electrons. The number of nitrogens with zero attached hydrogens (tertiary/aromatic N) is 1. The van der Waals surface area contributed by atoms with E-state index in [4.69, 9.17) is 4.74 Å². The van der Waals surface area contributed by atoms with E-state index < -0.39 is 10.0 Å². The molecular weight excluding hydrogens is 420 g/mol. The smallest absolute Gasteiger partial charge is 0.257 e. The molecular formula is C22H28N2O4S2. The highest BCUT2D eigenvalue weighted by Gasteiger charge is 2.24. The van der Waals surface area contributed by atoms with Gasteiger partial charge >= 0.3 is 0 Å². The summed E-state index contributed by atoms with van der Waals surface area (Å²) >= 11 is 1.59. The van der Waals surface area contributed by atoms with Gasteiger partial charge in [0.15, 0.2) is 0 Å². The lowest BCUT2D eigenvalue weighted by molar-refractivity contribution is 0.0720. The van der Waals surface area contributed by atoms with Gasteiger partial charge in [-0.3, -0.25) is 4.79 Å². The number of carbonyl (C=O) groups excluding carboxylic acids is 1. The summed E-state index contributed by atoms with van der Waals surface area (Å²) in [6, 6.07) is 12.6. The number of hydrogen-bond acceptors (Lipinski definition) is 5. The Morgan fingerprint density at radius 1 is 1.10 bits per heavy atom. The summed E-state index contributed by atoms with van der Waals surface area (Å²) in [6.45, 7) is 3.70. The number of rotatable bonds is 8. The normalized spacial score (nSPS) is 14.5. The predicted molar refractivity (Wildman–Crippen MR) is 120 cm³/mol. The molecule has 0 aliphatic carbocycles. The summed E-state index contributed by atoms with van der Waals surface area (Å²) in [4.78, 5) is 15.9. The molecule has 1 amide bonds. The third-order valence-electron chi connectivity index (χ3n) is 5.04. The Labute approximate surface area is 183 Å². The average molecular weight is 449 g/mol. The topological polar surface area (TPSA) is 75.7 Å². The molecule has 0 atom stereocenters. The summed E-state index contributed by atoms with van der Waals surface area (Å²) in [5, 5.41) is 0. The quantitative estimate of drug-likeness (QED) is 0.492. The van der Waals surface area contributed by atoms with Crippen LogP contribution in [0.3, 0.4) is 0 Å². The van der Waals surface area contributed by atoms with E-state index in [2.05, 4.69) is 4.72 Å². The van der Waals surface area contributed by atoms with Crippen molar-refractivity contribution in [3.63, 3.8) is 0 Å². The van der Waals surface area contributed by atoms with Crippen LogP contribution in [-0.2, 0) is 10.0 Å². The molecule has 6 nitrogen and oxygen atoms in total. The fraction of sp³-hybridized carbons (Fsp3) is 0.409. The standard InChI is InChI=1S/C22H28N2O4S2/c1-17-6-8-18(9-7-17)29-15-12-23-30(26,27)19-10-11-21(28-2)20(16-19)22(25)24-13-4-3-5-14-24/h6-11,16,23H,3-5,12-15H2,1-2H3. The Balaban J connectivity index is 1.67. The molecule has 1 aliphatic heterocycles. The molecule has 0 aromatic heterocycles. The molecule has 2 aromatic rings. The molecule has 1 N–H and O–H groups in total. The van der Waals surface area contributed by atoms with Crippen LogP contribution in [0.15, 0.2) is 52.3 Å². The van der Waals surface area contributed by atoms with Crippen LogP contribution in [0, 0.1) is 6.92 Å². The first-order valence-corrected chi connectivity index (χ1v) is 12.5. The molecule has 30 heavy (non-hydrogen) atoms. The van der Waals surface area contributed by atoms with E-state index >= 15 is 0 Å². The number of likely N-dealkylation sites (tertiary alicyclic amines) is 1. The predicted octanol–water partition coefficient (Wildman–Crippen LogP) is 3.70. The molecule has 0 radical (unpaired) electrons. The van der Waals surface area contributed by atoms with Gasteiger partial charge in [-0.25, -0.2) is 13.1 Å². The minimum absolute atomic E-state index is 0.0731. The Bertz CT molecular complexity index is 969. The number of aryl methyl sites for hydroxylation is 1. The van der Waals surface area contributed by atoms with Crippen LogP contribution >= 0.6 is 11.8 Å². The lowest BCUT2D eigenvalue weighted by Gasteiger charge is -2.27. The first-order chi connectivity index (χ1) is 14.4. The van der Waals surface area contributed by atoms with Gasteiger partial charge in [-0.1, -0.05) is 17.7 Å². The van der Waals surface area contributed by atoms with E-state index in [1.807, 2.05) is 31.2 Å². The van der Waals surface area contributed by atoms with Gasteiger partial charge in [-0.2, -0.15) is 0 Å². The maximum Gasteiger partial charge on any atom is 0.257 e. The Hall–Kier alpha value is -2.03. The number of ether oxygens (including phenoxy) is 1. The fourth-order valence-electron chi connectivity index (χ4n) is 3.35. The van der Waals surface area contributed by atoms with Crippen molar-refractivity contribution in [2.24, 2.45) is 0 Å². The molecule has 1 fully saturated rings. The summed E-state index contributed by atoms with van der Waals surface area (Å²) < 4.78 is 33.4. The van der Waals surface area contributed by atoms with Crippen molar-refractivity contribution < 1.29 is 17.9 Å². The van der Waals surface area contributed by atoms with E-state index in [0.717, 1.165) is 24.2 Å². The van der Waals surface area contributed by atoms with Gasteiger partial charge in [0.1, 0.15) is 5.75 Å². The van der Waals surface area contributed by atoms with E-state index in [-0.39, 0.29) is 16.4 Å². The molecule has 1 aliphatic rings.